The average molecular weight is 319 g/mol. The lowest BCUT2D eigenvalue weighted by Crippen LogP contribution is -2.50. The highest BCUT2D eigenvalue weighted by Crippen LogP contribution is 2.46. The number of likely N-dealkylation sites (tertiary alicyclic amines) is 1. The maximum atomic E-state index is 12.4. The summed E-state index contributed by atoms with van der Waals surface area (Å²) in [6, 6.07) is -0.0867. The van der Waals surface area contributed by atoms with E-state index in [1.165, 1.54) is 0 Å². The third-order valence-electron chi connectivity index (χ3n) is 4.22. The van der Waals surface area contributed by atoms with Gasteiger partial charge in [-0.05, 0) is 45.4 Å². The van der Waals surface area contributed by atoms with Crippen molar-refractivity contribution in [1.82, 2.24) is 4.90 Å². The fourth-order valence-electron chi connectivity index (χ4n) is 3.48. The van der Waals surface area contributed by atoms with Crippen LogP contribution in [0.5, 0.6) is 0 Å². The van der Waals surface area contributed by atoms with E-state index in [4.69, 9.17) is 8.92 Å². The second kappa shape index (κ2) is 5.43. The van der Waals surface area contributed by atoms with Gasteiger partial charge in [0.2, 0.25) is 0 Å². The Hall–Kier alpha value is -0.820. The average Bonchev–Trinajstić information content (AvgIpc) is 2.78. The Labute approximate surface area is 126 Å². The first-order valence-corrected chi connectivity index (χ1v) is 9.15. The summed E-state index contributed by atoms with van der Waals surface area (Å²) in [6.45, 7) is 7.63. The van der Waals surface area contributed by atoms with Crippen LogP contribution in [0.1, 0.15) is 40.5 Å². The molecule has 21 heavy (non-hydrogen) atoms. The highest BCUT2D eigenvalue weighted by atomic mass is 32.2. The lowest BCUT2D eigenvalue weighted by atomic mass is 9.90. The molecule has 2 rings (SSSR count). The molecule has 1 saturated carbocycles. The molecule has 6 nitrogen and oxygen atoms in total. The van der Waals surface area contributed by atoms with E-state index in [0.29, 0.717) is 5.92 Å². The molecule has 0 aromatic carbocycles. The molecule has 122 valence electrons. The molecule has 2 bridgehead atoms. The van der Waals surface area contributed by atoms with E-state index in [0.717, 1.165) is 19.1 Å². The summed E-state index contributed by atoms with van der Waals surface area (Å²) in [5, 5.41) is 0. The van der Waals surface area contributed by atoms with Gasteiger partial charge in [0.05, 0.1) is 18.9 Å². The number of fused-ring (bicyclic) bond motifs is 2. The van der Waals surface area contributed by atoms with Crippen molar-refractivity contribution in [3.05, 3.63) is 0 Å². The van der Waals surface area contributed by atoms with Crippen LogP contribution >= 0.6 is 0 Å². The number of nitrogens with zero attached hydrogens (tertiary/aromatic N) is 1. The molecule has 1 heterocycles. The Kier molecular flexibility index (Phi) is 4.28. The number of amides is 1. The van der Waals surface area contributed by atoms with Crippen LogP contribution in [0, 0.1) is 11.8 Å². The summed E-state index contributed by atoms with van der Waals surface area (Å²) < 4.78 is 32.8. The zero-order valence-corrected chi connectivity index (χ0v) is 14.1. The Morgan fingerprint density at radius 1 is 1.29 bits per heavy atom. The molecule has 0 aromatic heterocycles. The molecule has 7 heteroatoms. The van der Waals surface area contributed by atoms with Crippen LogP contribution in [0.2, 0.25) is 0 Å². The number of carbonyl (C=O) groups is 1. The smallest absolute Gasteiger partial charge is 0.410 e. The monoisotopic (exact) mass is 319 g/mol. The van der Waals surface area contributed by atoms with E-state index < -0.39 is 15.7 Å². The summed E-state index contributed by atoms with van der Waals surface area (Å²) in [6.07, 6.45) is 2.50. The summed E-state index contributed by atoms with van der Waals surface area (Å²) in [4.78, 5) is 14.1. The van der Waals surface area contributed by atoms with Gasteiger partial charge in [-0.3, -0.25) is 9.08 Å². The number of hydrogen-bond donors (Lipinski definition) is 0. The Morgan fingerprint density at radius 2 is 1.90 bits per heavy atom. The first kappa shape index (κ1) is 16.5. The van der Waals surface area contributed by atoms with E-state index in [1.807, 2.05) is 20.8 Å². The second-order valence-corrected chi connectivity index (χ2v) is 8.85. The van der Waals surface area contributed by atoms with Crippen LogP contribution in [0.25, 0.3) is 0 Å². The van der Waals surface area contributed by atoms with Gasteiger partial charge < -0.3 is 4.74 Å². The predicted octanol–water partition coefficient (Wildman–Crippen LogP) is 2.00. The Balaban J connectivity index is 2.12. The van der Waals surface area contributed by atoms with E-state index in [2.05, 4.69) is 6.92 Å². The molecule has 0 N–H and O–H groups in total. The molecule has 1 aliphatic heterocycles. The van der Waals surface area contributed by atoms with Crippen molar-refractivity contribution in [2.45, 2.75) is 58.2 Å². The number of rotatable bonds is 3. The SMILES string of the molecule is CC1CC2CC1C(COS(C)(=O)=O)N2C(=O)OC(C)(C)C. The van der Waals surface area contributed by atoms with E-state index in [1.54, 1.807) is 4.90 Å². The minimum atomic E-state index is -3.51. The standard InChI is InChI=1S/C14H25NO5S/c1-9-6-10-7-11(9)12(8-19-21(5,17)18)15(10)13(16)20-14(2,3)4/h9-12H,6-8H2,1-5H3. The van der Waals surface area contributed by atoms with Crippen LogP contribution in [0.15, 0.2) is 0 Å². The molecule has 4 atom stereocenters. The highest BCUT2D eigenvalue weighted by molar-refractivity contribution is 7.85. The van der Waals surface area contributed by atoms with Gasteiger partial charge in [0.15, 0.2) is 0 Å². The van der Waals surface area contributed by atoms with Crippen molar-refractivity contribution in [2.75, 3.05) is 12.9 Å². The number of piperidine rings is 1. The molecule has 1 amide bonds. The topological polar surface area (TPSA) is 72.9 Å². The van der Waals surface area contributed by atoms with Crippen LogP contribution in [0.4, 0.5) is 4.79 Å². The van der Waals surface area contributed by atoms with Crippen molar-refractivity contribution >= 4 is 16.2 Å². The van der Waals surface area contributed by atoms with Crippen LogP contribution < -0.4 is 0 Å². The van der Waals surface area contributed by atoms with Crippen molar-refractivity contribution in [3.63, 3.8) is 0 Å². The van der Waals surface area contributed by atoms with Crippen LogP contribution in [-0.2, 0) is 19.0 Å². The fourth-order valence-corrected chi connectivity index (χ4v) is 3.87. The number of hydrogen-bond acceptors (Lipinski definition) is 5. The minimum absolute atomic E-state index is 0.0174. The van der Waals surface area contributed by atoms with Gasteiger partial charge in [0, 0.05) is 6.04 Å². The summed E-state index contributed by atoms with van der Waals surface area (Å²) in [5.74, 6) is 0.756. The van der Waals surface area contributed by atoms with Crippen LogP contribution in [0.3, 0.4) is 0 Å². The summed E-state index contributed by atoms with van der Waals surface area (Å²) >= 11 is 0. The number of ether oxygens (including phenoxy) is 1. The molecule has 4 unspecified atom stereocenters. The zero-order valence-electron chi connectivity index (χ0n) is 13.3. The fraction of sp³-hybridized carbons (Fsp3) is 0.929. The maximum Gasteiger partial charge on any atom is 0.410 e. The summed E-state index contributed by atoms with van der Waals surface area (Å²) in [7, 11) is -3.51. The Morgan fingerprint density at radius 3 is 2.43 bits per heavy atom. The third kappa shape index (κ3) is 3.88. The third-order valence-corrected chi connectivity index (χ3v) is 4.79. The highest BCUT2D eigenvalue weighted by Gasteiger charge is 2.52. The van der Waals surface area contributed by atoms with E-state index in [9.17, 15) is 13.2 Å². The van der Waals surface area contributed by atoms with Crippen molar-refractivity contribution in [1.29, 1.82) is 0 Å². The quantitative estimate of drug-likeness (QED) is 0.744. The van der Waals surface area contributed by atoms with Gasteiger partial charge in [-0.15, -0.1) is 0 Å². The minimum Gasteiger partial charge on any atom is -0.444 e. The molecule has 1 saturated heterocycles. The van der Waals surface area contributed by atoms with E-state index in [-0.39, 0.29) is 30.7 Å². The molecule has 0 spiro atoms. The van der Waals surface area contributed by atoms with Gasteiger partial charge in [-0.25, -0.2) is 4.79 Å². The molecular formula is C14H25NO5S. The molecule has 1 aliphatic carbocycles. The lowest BCUT2D eigenvalue weighted by Gasteiger charge is -2.38. The first-order chi connectivity index (χ1) is 9.48. The molecule has 2 fully saturated rings. The van der Waals surface area contributed by atoms with Crippen LogP contribution in [-0.4, -0.2) is 50.0 Å². The Bertz CT molecular complexity index is 510. The molecular weight excluding hydrogens is 294 g/mol. The van der Waals surface area contributed by atoms with Gasteiger partial charge >= 0.3 is 6.09 Å². The predicted molar refractivity (Wildman–Crippen MR) is 78.3 cm³/mol. The van der Waals surface area contributed by atoms with E-state index >= 15 is 0 Å². The van der Waals surface area contributed by atoms with Crippen molar-refractivity contribution in [3.8, 4) is 0 Å². The first-order valence-electron chi connectivity index (χ1n) is 7.33. The zero-order chi connectivity index (χ0) is 16.0. The van der Waals surface area contributed by atoms with Gasteiger partial charge in [-0.1, -0.05) is 6.92 Å². The molecule has 0 aromatic rings. The van der Waals surface area contributed by atoms with Crippen molar-refractivity contribution < 1.29 is 22.1 Å². The van der Waals surface area contributed by atoms with Gasteiger partial charge in [-0.2, -0.15) is 8.42 Å². The number of carbonyl (C=O) groups excluding carboxylic acids is 1. The molecule has 0 radical (unpaired) electrons. The second-order valence-electron chi connectivity index (χ2n) is 7.21. The van der Waals surface area contributed by atoms with Gasteiger partial charge in [0.1, 0.15) is 5.60 Å². The summed E-state index contributed by atoms with van der Waals surface area (Å²) in [5.41, 5.74) is -0.563. The molecule has 2 aliphatic rings. The normalized spacial score (nSPS) is 32.5. The maximum absolute atomic E-state index is 12.4. The largest absolute Gasteiger partial charge is 0.444 e. The lowest BCUT2D eigenvalue weighted by molar-refractivity contribution is -0.00351. The van der Waals surface area contributed by atoms with Gasteiger partial charge in [0.25, 0.3) is 10.1 Å². The van der Waals surface area contributed by atoms with Crippen molar-refractivity contribution in [2.24, 2.45) is 11.8 Å².